The maximum absolute atomic E-state index is 8.81. The van der Waals surface area contributed by atoms with Crippen molar-refractivity contribution in [2.75, 3.05) is 0 Å². The molecule has 0 bridgehead atoms. The number of hydrogen-bond acceptors (Lipinski definition) is 5. The van der Waals surface area contributed by atoms with E-state index in [0.717, 1.165) is 12.2 Å². The van der Waals surface area contributed by atoms with Gasteiger partial charge in [0.1, 0.15) is 0 Å². The van der Waals surface area contributed by atoms with Crippen LogP contribution in [0.15, 0.2) is 0 Å². The van der Waals surface area contributed by atoms with Gasteiger partial charge in [0.2, 0.25) is 6.08 Å². The first-order valence-corrected chi connectivity index (χ1v) is 1.28. The van der Waals surface area contributed by atoms with Gasteiger partial charge in [0.05, 0.1) is 0 Å². The lowest BCUT2D eigenvalue weighted by molar-refractivity contribution is -0.953. The smallest absolute Gasteiger partial charge is 0.233 e. The first-order chi connectivity index (χ1) is 3.68. The predicted octanol–water partition coefficient (Wildman–Crippen LogP) is -0.986. The molecule has 6 heteroatoms. The molecule has 44 valence electrons. The monoisotopic (exact) mass is 119 g/mol. The third-order valence-electron chi connectivity index (χ3n) is 0.0816. The summed E-state index contributed by atoms with van der Waals surface area (Å²) < 4.78 is 0. The third-order valence-corrected chi connectivity index (χ3v) is 0.0816. The summed E-state index contributed by atoms with van der Waals surface area (Å²) in [4.78, 5) is 16.5. The predicted molar refractivity (Wildman–Crippen MR) is 17.9 cm³/mol. The zero-order chi connectivity index (χ0) is 6.99. The molecule has 8 heavy (non-hydrogen) atoms. The lowest BCUT2D eigenvalue weighted by Gasteiger charge is -1.53. The molecule has 0 aliphatic carbocycles. The molecular weight excluding hydrogens is 116 g/mol. The number of rotatable bonds is 0. The average molecular weight is 119 g/mol. The molecule has 0 aliphatic rings. The highest BCUT2D eigenvalue weighted by molar-refractivity contribution is 5.26. The zero-order valence-corrected chi connectivity index (χ0v) is 3.66. The van der Waals surface area contributed by atoms with Crippen molar-refractivity contribution in [1.29, 1.82) is 5.41 Å². The van der Waals surface area contributed by atoms with Crippen LogP contribution in [0.4, 0.5) is 0 Å². The number of nitrogens with one attached hydrogen (secondary N) is 1. The Hall–Kier alpha value is -1.64. The van der Waals surface area contributed by atoms with Crippen LogP contribution in [0.1, 0.15) is 0 Å². The van der Waals surface area contributed by atoms with E-state index in [1.165, 1.54) is 0 Å². The van der Waals surface area contributed by atoms with Crippen molar-refractivity contribution in [3.05, 3.63) is 0 Å². The SMILES string of the molecule is N=C=O.O=C=[N+](O)O. The molecular formula is C2H3N2O4+. The molecule has 3 N–H and O–H groups in total. The van der Waals surface area contributed by atoms with E-state index < -0.39 is 4.90 Å². The van der Waals surface area contributed by atoms with Gasteiger partial charge in [-0.3, -0.25) is 0 Å². The number of isocyanates is 2. The Balaban J connectivity index is 0. The molecule has 0 unspecified atom stereocenters. The van der Waals surface area contributed by atoms with Gasteiger partial charge in [0, 0.05) is 0 Å². The van der Waals surface area contributed by atoms with Crippen molar-refractivity contribution < 1.29 is 24.9 Å². The molecule has 0 spiro atoms. The Bertz CT molecular complexity index is 125. The van der Waals surface area contributed by atoms with Crippen LogP contribution in [-0.2, 0) is 9.59 Å². The summed E-state index contributed by atoms with van der Waals surface area (Å²) in [5.74, 6) is 0. The molecule has 6 nitrogen and oxygen atoms in total. The van der Waals surface area contributed by atoms with Crippen LogP contribution in [0.3, 0.4) is 0 Å². The van der Waals surface area contributed by atoms with Crippen LogP contribution in [0, 0.1) is 5.41 Å². The first-order valence-electron chi connectivity index (χ1n) is 1.28. The largest absolute Gasteiger partial charge is 0.539 e. The van der Waals surface area contributed by atoms with Crippen molar-refractivity contribution in [2.45, 2.75) is 0 Å². The van der Waals surface area contributed by atoms with Crippen LogP contribution in [0.5, 0.6) is 0 Å². The second kappa shape index (κ2) is 9.03. The summed E-state index contributed by atoms with van der Waals surface area (Å²) in [5, 5.41) is 20.1. The molecule has 0 aromatic carbocycles. The first kappa shape index (κ1) is 9.61. The quantitative estimate of drug-likeness (QED) is 0.165. The lowest BCUT2D eigenvalue weighted by Crippen LogP contribution is -1.93. The van der Waals surface area contributed by atoms with Gasteiger partial charge in [-0.2, -0.15) is 4.79 Å². The minimum Gasteiger partial charge on any atom is -0.233 e. The van der Waals surface area contributed by atoms with Gasteiger partial charge in [-0.15, -0.1) is 0 Å². The Morgan fingerprint density at radius 1 is 1.38 bits per heavy atom. The molecule has 0 saturated heterocycles. The molecule has 0 amide bonds. The molecule has 0 aliphatic heterocycles. The van der Waals surface area contributed by atoms with Gasteiger partial charge >= 0.3 is 6.08 Å². The normalized spacial score (nSPS) is 4.50. The number of carbonyl (C=O) groups excluding carboxylic acids is 2. The fourth-order valence-corrected chi connectivity index (χ4v) is 0. The highest BCUT2D eigenvalue weighted by Gasteiger charge is 1.79. The Morgan fingerprint density at radius 2 is 1.50 bits per heavy atom. The van der Waals surface area contributed by atoms with Crippen LogP contribution >= 0.6 is 0 Å². The van der Waals surface area contributed by atoms with Crippen molar-refractivity contribution in [1.82, 2.24) is 0 Å². The standard InChI is InChI=1S/CH2NO3.CHNO/c3-1-2(4)5;2-1-3/h4-5H;2H/q+1;. The molecule has 0 aromatic rings. The van der Waals surface area contributed by atoms with E-state index in [9.17, 15) is 0 Å². The summed E-state index contributed by atoms with van der Waals surface area (Å²) >= 11 is 0. The minimum atomic E-state index is -0.681. The number of nitrogens with zero attached hydrogens (tertiary/aromatic N) is 1. The highest BCUT2D eigenvalue weighted by Crippen LogP contribution is 1.31. The van der Waals surface area contributed by atoms with Gasteiger partial charge in [-0.05, 0) is 0 Å². The summed E-state index contributed by atoms with van der Waals surface area (Å²) in [6, 6.07) is 0. The minimum absolute atomic E-state index is 0.681. The Labute approximate surface area is 43.7 Å². The third kappa shape index (κ3) is 380. The maximum Gasteiger partial charge on any atom is 0.539 e. The lowest BCUT2D eigenvalue weighted by atomic mass is 11.6. The maximum atomic E-state index is 8.81. The van der Waals surface area contributed by atoms with Gasteiger partial charge in [-0.25, -0.2) is 20.6 Å². The molecule has 0 heterocycles. The highest BCUT2D eigenvalue weighted by atomic mass is 16.8. The van der Waals surface area contributed by atoms with E-state index in [0.29, 0.717) is 0 Å². The summed E-state index contributed by atoms with van der Waals surface area (Å²) in [5.41, 5.74) is 0. The summed E-state index contributed by atoms with van der Waals surface area (Å²) in [6.07, 6.45) is 1.47. The molecule has 0 atom stereocenters. The molecule has 0 fully saturated rings. The van der Waals surface area contributed by atoms with Gasteiger partial charge in [0.15, 0.2) is 0 Å². The topological polar surface area (TPSA) is 101 Å². The van der Waals surface area contributed by atoms with Gasteiger partial charge in [-0.1, -0.05) is 0 Å². The summed E-state index contributed by atoms with van der Waals surface area (Å²) in [7, 11) is 0. The van der Waals surface area contributed by atoms with Crippen LogP contribution < -0.4 is 0 Å². The van der Waals surface area contributed by atoms with Gasteiger partial charge in [0.25, 0.3) is 4.90 Å². The van der Waals surface area contributed by atoms with Gasteiger partial charge < -0.3 is 0 Å². The second-order valence-corrected chi connectivity index (χ2v) is 0.483. The molecule has 0 saturated carbocycles. The molecule has 0 aromatic heterocycles. The van der Waals surface area contributed by atoms with Crippen LogP contribution in [-0.4, -0.2) is 27.5 Å². The van der Waals surface area contributed by atoms with E-state index >= 15 is 0 Å². The van der Waals surface area contributed by atoms with Crippen molar-refractivity contribution in [2.24, 2.45) is 0 Å². The van der Waals surface area contributed by atoms with E-state index in [2.05, 4.69) is 0 Å². The second-order valence-electron chi connectivity index (χ2n) is 0.483. The molecule has 0 rings (SSSR count). The Kier molecular flexibility index (Phi) is 10.8. The van der Waals surface area contributed by atoms with E-state index in [1.807, 2.05) is 0 Å². The van der Waals surface area contributed by atoms with E-state index in [1.54, 1.807) is 0 Å². The summed E-state index contributed by atoms with van der Waals surface area (Å²) in [6.45, 7) is 0. The van der Waals surface area contributed by atoms with Crippen LogP contribution in [0.25, 0.3) is 0 Å². The average Bonchev–Trinajstić information content (AvgIpc) is 1.69. The zero-order valence-electron chi connectivity index (χ0n) is 3.66. The van der Waals surface area contributed by atoms with Crippen molar-refractivity contribution in [3.63, 3.8) is 0 Å². The Morgan fingerprint density at radius 3 is 1.50 bits per heavy atom. The van der Waals surface area contributed by atoms with Crippen molar-refractivity contribution >= 4 is 12.2 Å². The van der Waals surface area contributed by atoms with E-state index in [4.69, 9.17) is 25.4 Å². The number of hydrogen-bond donors (Lipinski definition) is 3. The molecule has 0 radical (unpaired) electrons. The fraction of sp³-hybridized carbons (Fsp3) is 0. The fourth-order valence-electron chi connectivity index (χ4n) is 0. The van der Waals surface area contributed by atoms with E-state index in [-0.39, 0.29) is 0 Å². The van der Waals surface area contributed by atoms with Crippen LogP contribution in [0.2, 0.25) is 0 Å². The van der Waals surface area contributed by atoms with Crippen molar-refractivity contribution in [3.8, 4) is 0 Å².